The van der Waals surface area contributed by atoms with Gasteiger partial charge in [-0.05, 0) is 39.0 Å². The summed E-state index contributed by atoms with van der Waals surface area (Å²) in [5.74, 6) is -0.711. The van der Waals surface area contributed by atoms with E-state index in [-0.39, 0.29) is 0 Å². The van der Waals surface area contributed by atoms with Gasteiger partial charge in [-0.25, -0.2) is 0 Å². The number of carboxylic acid groups (broad SMARTS) is 1. The molecule has 0 bridgehead atoms. The smallest absolute Gasteiger partial charge is 0.314 e. The molecular weight excluding hydrogens is 226 g/mol. The average molecular weight is 249 g/mol. The molecule has 0 aliphatic carbocycles. The molecule has 0 fully saturated rings. The zero-order valence-corrected chi connectivity index (χ0v) is 11.5. The molecule has 1 N–H and O–H groups in total. The Kier molecular flexibility index (Phi) is 5.35. The van der Waals surface area contributed by atoms with Gasteiger partial charge in [0.15, 0.2) is 0 Å². The predicted octanol–water partition coefficient (Wildman–Crippen LogP) is 2.76. The van der Waals surface area contributed by atoms with Crippen molar-refractivity contribution < 1.29 is 9.90 Å². The van der Waals surface area contributed by atoms with Gasteiger partial charge in [0, 0.05) is 0 Å². The molecule has 0 aromatic heterocycles. The Morgan fingerprint density at radius 1 is 1.22 bits per heavy atom. The second-order valence-electron chi connectivity index (χ2n) is 5.06. The maximum Gasteiger partial charge on any atom is 0.314 e. The molecule has 1 aromatic carbocycles. The highest BCUT2D eigenvalue weighted by atomic mass is 16.4. The number of benzene rings is 1. The largest absolute Gasteiger partial charge is 0.481 e. The molecule has 0 radical (unpaired) electrons. The topological polar surface area (TPSA) is 40.5 Å². The van der Waals surface area contributed by atoms with Crippen molar-refractivity contribution >= 4 is 5.97 Å². The van der Waals surface area contributed by atoms with Gasteiger partial charge in [0.05, 0.1) is 5.41 Å². The lowest BCUT2D eigenvalue weighted by molar-refractivity contribution is -0.144. The van der Waals surface area contributed by atoms with Crippen molar-refractivity contribution in [2.24, 2.45) is 0 Å². The molecule has 1 aromatic rings. The van der Waals surface area contributed by atoms with Crippen LogP contribution in [0.1, 0.15) is 31.7 Å². The zero-order valence-electron chi connectivity index (χ0n) is 11.5. The maximum atomic E-state index is 11.8. The van der Waals surface area contributed by atoms with Crippen LogP contribution in [0.15, 0.2) is 30.3 Å². The van der Waals surface area contributed by atoms with Crippen molar-refractivity contribution in [3.63, 3.8) is 0 Å². The van der Waals surface area contributed by atoms with Crippen LogP contribution in [-0.2, 0) is 10.2 Å². The Morgan fingerprint density at radius 2 is 1.83 bits per heavy atom. The summed E-state index contributed by atoms with van der Waals surface area (Å²) in [6.45, 7) is 2.82. The van der Waals surface area contributed by atoms with Gasteiger partial charge in [-0.15, -0.1) is 0 Å². The van der Waals surface area contributed by atoms with Gasteiger partial charge in [0.2, 0.25) is 0 Å². The average Bonchev–Trinajstić information content (AvgIpc) is 2.35. The van der Waals surface area contributed by atoms with E-state index in [4.69, 9.17) is 0 Å². The molecule has 1 rings (SSSR count). The second kappa shape index (κ2) is 6.55. The minimum absolute atomic E-state index is 0.646. The summed E-state index contributed by atoms with van der Waals surface area (Å²) in [6.07, 6.45) is 2.20. The van der Waals surface area contributed by atoms with Crippen molar-refractivity contribution in [3.8, 4) is 0 Å². The molecule has 0 saturated heterocycles. The van der Waals surface area contributed by atoms with Crippen LogP contribution in [0.25, 0.3) is 0 Å². The number of hydrogen-bond acceptors (Lipinski definition) is 2. The van der Waals surface area contributed by atoms with Crippen LogP contribution in [0, 0.1) is 0 Å². The molecule has 0 saturated carbocycles. The monoisotopic (exact) mass is 249 g/mol. The van der Waals surface area contributed by atoms with E-state index in [1.54, 1.807) is 0 Å². The third-order valence-corrected chi connectivity index (χ3v) is 3.40. The summed E-state index contributed by atoms with van der Waals surface area (Å²) < 4.78 is 0. The summed E-state index contributed by atoms with van der Waals surface area (Å²) in [5.41, 5.74) is 0.168. The molecule has 0 aliphatic rings. The zero-order chi connectivity index (χ0) is 13.6. The standard InChI is InChI=1S/C15H23NO2/c1-4-10-15(14(17)18,11-12-16(2)3)13-8-6-5-7-9-13/h5-9H,4,10-12H2,1-3H3,(H,17,18). The predicted molar refractivity (Wildman–Crippen MR) is 73.8 cm³/mol. The number of rotatable bonds is 7. The lowest BCUT2D eigenvalue weighted by Crippen LogP contribution is -2.38. The van der Waals surface area contributed by atoms with E-state index in [1.807, 2.05) is 56.3 Å². The van der Waals surface area contributed by atoms with Gasteiger partial charge in [0.25, 0.3) is 0 Å². The van der Waals surface area contributed by atoms with Gasteiger partial charge in [-0.3, -0.25) is 4.79 Å². The Balaban J connectivity index is 3.09. The van der Waals surface area contributed by atoms with Gasteiger partial charge in [-0.1, -0.05) is 43.7 Å². The first-order valence-electron chi connectivity index (χ1n) is 6.46. The molecule has 3 nitrogen and oxygen atoms in total. The van der Waals surface area contributed by atoms with Crippen LogP contribution in [0.4, 0.5) is 0 Å². The molecule has 1 unspecified atom stereocenters. The van der Waals surface area contributed by atoms with Crippen molar-refractivity contribution in [2.75, 3.05) is 20.6 Å². The number of aliphatic carboxylic acids is 1. The molecule has 0 amide bonds. The molecule has 3 heteroatoms. The minimum Gasteiger partial charge on any atom is -0.481 e. The van der Waals surface area contributed by atoms with Crippen LogP contribution < -0.4 is 0 Å². The highest BCUT2D eigenvalue weighted by Gasteiger charge is 2.38. The first kappa shape index (κ1) is 14.7. The summed E-state index contributed by atoms with van der Waals surface area (Å²) in [5, 5.41) is 9.70. The van der Waals surface area contributed by atoms with Crippen molar-refractivity contribution in [1.29, 1.82) is 0 Å². The Labute approximate surface area is 109 Å². The Hall–Kier alpha value is -1.35. The molecule has 100 valence electrons. The van der Waals surface area contributed by atoms with Crippen molar-refractivity contribution in [2.45, 2.75) is 31.6 Å². The van der Waals surface area contributed by atoms with Gasteiger partial charge < -0.3 is 10.0 Å². The maximum absolute atomic E-state index is 11.8. The van der Waals surface area contributed by atoms with E-state index in [0.29, 0.717) is 12.8 Å². The SMILES string of the molecule is CCCC(CCN(C)C)(C(=O)O)c1ccccc1. The first-order valence-corrected chi connectivity index (χ1v) is 6.46. The number of hydrogen-bond donors (Lipinski definition) is 1. The summed E-state index contributed by atoms with van der Waals surface area (Å²) in [6, 6.07) is 9.61. The lowest BCUT2D eigenvalue weighted by Gasteiger charge is -2.31. The third kappa shape index (κ3) is 3.33. The summed E-state index contributed by atoms with van der Waals surface area (Å²) in [4.78, 5) is 13.8. The van der Waals surface area contributed by atoms with E-state index >= 15 is 0 Å². The normalized spacial score (nSPS) is 14.4. The van der Waals surface area contributed by atoms with E-state index < -0.39 is 11.4 Å². The third-order valence-electron chi connectivity index (χ3n) is 3.40. The summed E-state index contributed by atoms with van der Waals surface area (Å²) >= 11 is 0. The first-order chi connectivity index (χ1) is 8.53. The number of nitrogens with zero attached hydrogens (tertiary/aromatic N) is 1. The van der Waals surface area contributed by atoms with Crippen molar-refractivity contribution in [3.05, 3.63) is 35.9 Å². The molecular formula is C15H23NO2. The van der Waals surface area contributed by atoms with Gasteiger partial charge in [0.1, 0.15) is 0 Å². The highest BCUT2D eigenvalue weighted by molar-refractivity contribution is 5.81. The molecule has 1 atom stereocenters. The van der Waals surface area contributed by atoms with E-state index in [2.05, 4.69) is 0 Å². The Bertz CT molecular complexity index is 375. The molecule has 0 aliphatic heterocycles. The number of carbonyl (C=O) groups is 1. The van der Waals surface area contributed by atoms with Crippen LogP contribution in [0.5, 0.6) is 0 Å². The quantitative estimate of drug-likeness (QED) is 0.807. The highest BCUT2D eigenvalue weighted by Crippen LogP contribution is 2.33. The minimum atomic E-state index is -0.750. The van der Waals surface area contributed by atoms with Gasteiger partial charge in [-0.2, -0.15) is 0 Å². The molecule has 0 spiro atoms. The van der Waals surface area contributed by atoms with E-state index in [0.717, 1.165) is 18.5 Å². The Morgan fingerprint density at radius 3 is 2.28 bits per heavy atom. The fraction of sp³-hybridized carbons (Fsp3) is 0.533. The lowest BCUT2D eigenvalue weighted by atomic mass is 9.74. The van der Waals surface area contributed by atoms with Crippen molar-refractivity contribution in [1.82, 2.24) is 4.90 Å². The fourth-order valence-electron chi connectivity index (χ4n) is 2.35. The summed E-state index contributed by atoms with van der Waals surface area (Å²) in [7, 11) is 3.95. The van der Waals surface area contributed by atoms with Crippen LogP contribution in [0.3, 0.4) is 0 Å². The van der Waals surface area contributed by atoms with Gasteiger partial charge >= 0.3 is 5.97 Å². The second-order valence-corrected chi connectivity index (χ2v) is 5.06. The van der Waals surface area contributed by atoms with E-state index in [9.17, 15) is 9.90 Å². The molecule has 0 heterocycles. The fourth-order valence-corrected chi connectivity index (χ4v) is 2.35. The number of carboxylic acids is 1. The molecule has 18 heavy (non-hydrogen) atoms. The van der Waals surface area contributed by atoms with E-state index in [1.165, 1.54) is 0 Å². The van der Waals surface area contributed by atoms with Crippen LogP contribution >= 0.6 is 0 Å². The van der Waals surface area contributed by atoms with Crippen LogP contribution in [-0.4, -0.2) is 36.6 Å². The van der Waals surface area contributed by atoms with Crippen LogP contribution in [0.2, 0.25) is 0 Å².